The van der Waals surface area contributed by atoms with Crippen molar-refractivity contribution in [2.45, 2.75) is 20.3 Å². The highest BCUT2D eigenvalue weighted by Gasteiger charge is 2.22. The van der Waals surface area contributed by atoms with Crippen molar-refractivity contribution in [3.63, 3.8) is 0 Å². The number of carbonyl (C=O) groups excluding carboxylic acids is 1. The van der Waals surface area contributed by atoms with Crippen LogP contribution in [-0.4, -0.2) is 62.3 Å². The summed E-state index contributed by atoms with van der Waals surface area (Å²) in [7, 11) is 2.14. The first-order valence-corrected chi connectivity index (χ1v) is 12.6. The highest BCUT2D eigenvalue weighted by Crippen LogP contribution is 2.39. The van der Waals surface area contributed by atoms with E-state index in [1.165, 1.54) is 6.20 Å². The minimum atomic E-state index is -0.448. The van der Waals surface area contributed by atoms with Crippen LogP contribution in [0, 0.1) is 0 Å². The molecule has 1 fully saturated rings. The first-order valence-electron chi connectivity index (χ1n) is 11.8. The Kier molecular flexibility index (Phi) is 8.21. The van der Waals surface area contributed by atoms with Crippen molar-refractivity contribution in [2.24, 2.45) is 0 Å². The van der Waals surface area contributed by atoms with E-state index in [2.05, 4.69) is 33.2 Å². The van der Waals surface area contributed by atoms with Crippen LogP contribution >= 0.6 is 23.2 Å². The number of fused-ring (bicyclic) bond motifs is 1. The largest absolute Gasteiger partial charge is 0.492 e. The second kappa shape index (κ2) is 11.3. The molecular formula is C26H30Cl2N4O3. The number of hydrogen-bond acceptors (Lipinski definition) is 7. The van der Waals surface area contributed by atoms with Gasteiger partial charge in [-0.3, -0.25) is 4.98 Å². The zero-order valence-electron chi connectivity index (χ0n) is 20.2. The number of carbonyl (C=O) groups is 1. The molecule has 0 spiro atoms. The summed E-state index contributed by atoms with van der Waals surface area (Å²) in [6.45, 7) is 8.35. The van der Waals surface area contributed by atoms with Crippen molar-refractivity contribution in [2.75, 3.05) is 56.7 Å². The molecule has 0 saturated carbocycles. The molecule has 0 bridgehead atoms. The van der Waals surface area contributed by atoms with Crippen molar-refractivity contribution in [3.05, 3.63) is 52.1 Å². The van der Waals surface area contributed by atoms with Crippen LogP contribution in [0.2, 0.25) is 10.0 Å². The van der Waals surface area contributed by atoms with E-state index < -0.39 is 5.97 Å². The third-order valence-corrected chi connectivity index (χ3v) is 6.73. The van der Waals surface area contributed by atoms with Crippen LogP contribution in [0.15, 0.2) is 36.5 Å². The minimum Gasteiger partial charge on any atom is -0.492 e. The smallest absolute Gasteiger partial charge is 0.341 e. The van der Waals surface area contributed by atoms with Crippen LogP contribution in [0.1, 0.15) is 30.6 Å². The van der Waals surface area contributed by atoms with E-state index in [9.17, 15) is 4.79 Å². The molecule has 1 N–H and O–H groups in total. The normalized spacial score (nSPS) is 14.6. The van der Waals surface area contributed by atoms with Gasteiger partial charge in [-0.2, -0.15) is 0 Å². The van der Waals surface area contributed by atoms with Gasteiger partial charge in [0.25, 0.3) is 0 Å². The molecule has 2 aromatic carbocycles. The van der Waals surface area contributed by atoms with Gasteiger partial charge in [0.2, 0.25) is 0 Å². The number of ether oxygens (including phenoxy) is 2. The van der Waals surface area contributed by atoms with Crippen LogP contribution in [0.5, 0.6) is 5.75 Å². The summed E-state index contributed by atoms with van der Waals surface area (Å²) in [5, 5.41) is 5.04. The maximum atomic E-state index is 12.9. The molecule has 2 heterocycles. The van der Waals surface area contributed by atoms with E-state index >= 15 is 0 Å². The molecule has 0 aliphatic carbocycles. The Morgan fingerprint density at radius 3 is 2.63 bits per heavy atom. The molecular weight excluding hydrogens is 487 g/mol. The van der Waals surface area contributed by atoms with E-state index in [0.717, 1.165) is 49.4 Å². The van der Waals surface area contributed by atoms with Crippen LogP contribution in [-0.2, 0) is 4.74 Å². The van der Waals surface area contributed by atoms with Crippen molar-refractivity contribution in [1.82, 2.24) is 9.88 Å². The third kappa shape index (κ3) is 5.74. The molecule has 1 aliphatic heterocycles. The lowest BCUT2D eigenvalue weighted by Gasteiger charge is -2.26. The Morgan fingerprint density at radius 2 is 1.89 bits per heavy atom. The molecule has 186 valence electrons. The number of nitrogens with one attached hydrogen (secondary N) is 1. The van der Waals surface area contributed by atoms with E-state index in [4.69, 9.17) is 32.7 Å². The summed E-state index contributed by atoms with van der Waals surface area (Å²) in [6.07, 6.45) is 2.59. The number of anilines is 3. The van der Waals surface area contributed by atoms with E-state index in [0.29, 0.717) is 39.1 Å². The topological polar surface area (TPSA) is 66.9 Å². The molecule has 9 heteroatoms. The first kappa shape index (κ1) is 25.4. The van der Waals surface area contributed by atoms with Gasteiger partial charge in [-0.05, 0) is 58.1 Å². The van der Waals surface area contributed by atoms with E-state index in [-0.39, 0.29) is 6.61 Å². The van der Waals surface area contributed by atoms with Crippen molar-refractivity contribution < 1.29 is 14.3 Å². The maximum absolute atomic E-state index is 12.9. The predicted octanol–water partition coefficient (Wildman–Crippen LogP) is 6.00. The molecule has 35 heavy (non-hydrogen) atoms. The number of aromatic nitrogens is 1. The van der Waals surface area contributed by atoms with Crippen LogP contribution < -0.4 is 15.0 Å². The Hall–Kier alpha value is -2.74. The maximum Gasteiger partial charge on any atom is 0.341 e. The fraction of sp³-hybridized carbons (Fsp3) is 0.385. The van der Waals surface area contributed by atoms with E-state index in [1.54, 1.807) is 19.1 Å². The number of hydrogen-bond donors (Lipinski definition) is 1. The van der Waals surface area contributed by atoms with Gasteiger partial charge in [-0.1, -0.05) is 23.2 Å². The molecule has 1 saturated heterocycles. The zero-order chi connectivity index (χ0) is 24.9. The number of nitrogens with zero attached hydrogens (tertiary/aromatic N) is 3. The SMILES string of the molecule is CCOC(=O)c1cnc2cc(OCC)c(N3CCCN(C)CC3)cc2c1Nc1ccc(Cl)c(Cl)c1. The molecule has 0 amide bonds. The minimum absolute atomic E-state index is 0.263. The average Bonchev–Trinajstić information content (AvgIpc) is 3.06. The lowest BCUT2D eigenvalue weighted by Crippen LogP contribution is -2.29. The summed E-state index contributed by atoms with van der Waals surface area (Å²) < 4.78 is 11.4. The van der Waals surface area contributed by atoms with Crippen LogP contribution in [0.4, 0.5) is 17.1 Å². The molecule has 3 aromatic rings. The van der Waals surface area contributed by atoms with Gasteiger partial charge in [0.1, 0.15) is 11.3 Å². The van der Waals surface area contributed by atoms with Gasteiger partial charge in [-0.25, -0.2) is 4.79 Å². The Balaban J connectivity index is 1.88. The summed E-state index contributed by atoms with van der Waals surface area (Å²) >= 11 is 12.4. The van der Waals surface area contributed by atoms with Gasteiger partial charge in [0, 0.05) is 43.0 Å². The fourth-order valence-electron chi connectivity index (χ4n) is 4.23. The molecule has 0 atom stereocenters. The molecule has 0 unspecified atom stereocenters. The number of rotatable bonds is 7. The number of esters is 1. The third-order valence-electron chi connectivity index (χ3n) is 5.99. The van der Waals surface area contributed by atoms with Gasteiger partial charge in [0.15, 0.2) is 0 Å². The Labute approximate surface area is 215 Å². The summed E-state index contributed by atoms with van der Waals surface area (Å²) in [5.41, 5.74) is 3.33. The predicted molar refractivity (Wildman–Crippen MR) is 143 cm³/mol. The van der Waals surface area contributed by atoms with Crippen molar-refractivity contribution in [3.8, 4) is 5.75 Å². The van der Waals surface area contributed by atoms with Crippen molar-refractivity contribution >= 4 is 57.1 Å². The lowest BCUT2D eigenvalue weighted by molar-refractivity contribution is 0.0527. The van der Waals surface area contributed by atoms with E-state index in [1.807, 2.05) is 19.1 Å². The van der Waals surface area contributed by atoms with Gasteiger partial charge >= 0.3 is 5.97 Å². The second-order valence-electron chi connectivity index (χ2n) is 8.44. The van der Waals surface area contributed by atoms with Crippen LogP contribution in [0.25, 0.3) is 10.9 Å². The molecule has 1 aromatic heterocycles. The fourth-order valence-corrected chi connectivity index (χ4v) is 4.53. The zero-order valence-corrected chi connectivity index (χ0v) is 21.7. The highest BCUT2D eigenvalue weighted by atomic mass is 35.5. The molecule has 1 aliphatic rings. The van der Waals surface area contributed by atoms with Gasteiger partial charge < -0.3 is 24.6 Å². The number of halogens is 2. The Morgan fingerprint density at radius 1 is 1.06 bits per heavy atom. The number of benzene rings is 2. The quantitative estimate of drug-likeness (QED) is 0.386. The lowest BCUT2D eigenvalue weighted by atomic mass is 10.1. The van der Waals surface area contributed by atoms with Crippen LogP contribution in [0.3, 0.4) is 0 Å². The second-order valence-corrected chi connectivity index (χ2v) is 9.25. The molecule has 7 nitrogen and oxygen atoms in total. The number of likely N-dealkylation sites (N-methyl/N-ethyl adjacent to an activating group) is 1. The Bertz CT molecular complexity index is 1220. The van der Waals surface area contributed by atoms with Gasteiger partial charge in [-0.15, -0.1) is 0 Å². The average molecular weight is 517 g/mol. The van der Waals surface area contributed by atoms with Gasteiger partial charge in [0.05, 0.1) is 40.2 Å². The summed E-state index contributed by atoms with van der Waals surface area (Å²) in [5.74, 6) is 0.331. The highest BCUT2D eigenvalue weighted by molar-refractivity contribution is 6.42. The molecule has 0 radical (unpaired) electrons. The standard InChI is InChI=1S/C26H30Cl2N4O3/c1-4-34-24-15-22-18(14-23(24)32-10-6-9-31(3)11-12-32)25(19(16-29-22)26(33)35-5-2)30-17-7-8-20(27)21(28)13-17/h7-8,13-16H,4-6,9-12H2,1-3H3,(H,29,30). The first-order chi connectivity index (χ1) is 16.9. The number of pyridine rings is 1. The monoisotopic (exact) mass is 516 g/mol. The van der Waals surface area contributed by atoms with Crippen molar-refractivity contribution in [1.29, 1.82) is 0 Å². The summed E-state index contributed by atoms with van der Waals surface area (Å²) in [4.78, 5) is 22.1. The summed E-state index contributed by atoms with van der Waals surface area (Å²) in [6, 6.07) is 9.26. The molecule has 4 rings (SSSR count).